The first-order valence-corrected chi connectivity index (χ1v) is 19.9. The summed E-state index contributed by atoms with van der Waals surface area (Å²) in [5.41, 5.74) is 7.45. The molecule has 0 radical (unpaired) electrons. The third-order valence-electron chi connectivity index (χ3n) is 10.2. The number of anilines is 2. The molecule has 64 heavy (non-hydrogen) atoms. The molecule has 6 aromatic rings. The summed E-state index contributed by atoms with van der Waals surface area (Å²) in [6, 6.07) is 13.5. The van der Waals surface area contributed by atoms with Gasteiger partial charge in [0.05, 0.1) is 53.6 Å². The first kappa shape index (κ1) is 46.5. The van der Waals surface area contributed by atoms with Gasteiger partial charge in [0.1, 0.15) is 13.2 Å². The average molecular weight is 888 g/mol. The molecule has 2 aromatic carbocycles. The number of halogens is 6. The van der Waals surface area contributed by atoms with E-state index in [2.05, 4.69) is 49.6 Å². The van der Waals surface area contributed by atoms with Crippen molar-refractivity contribution < 1.29 is 51.3 Å². The number of fused-ring (bicyclic) bond motifs is 2. The van der Waals surface area contributed by atoms with Crippen molar-refractivity contribution in [2.75, 3.05) is 36.9 Å². The number of rotatable bonds is 11. The highest BCUT2D eigenvalue weighted by molar-refractivity contribution is 5.97. The third-order valence-corrected chi connectivity index (χ3v) is 10.2. The number of carboxylic acids is 1. The molecule has 0 bridgehead atoms. The number of nitrogens with one attached hydrogen (secondary N) is 3. The van der Waals surface area contributed by atoms with Gasteiger partial charge in [-0.1, -0.05) is 35.8 Å². The van der Waals surface area contributed by atoms with E-state index >= 15 is 0 Å². The highest BCUT2D eigenvalue weighted by Crippen LogP contribution is 2.35. The van der Waals surface area contributed by atoms with Crippen LogP contribution in [0.15, 0.2) is 73.3 Å². The van der Waals surface area contributed by atoms with Gasteiger partial charge in [-0.3, -0.25) is 13.6 Å². The van der Waals surface area contributed by atoms with Crippen molar-refractivity contribution in [2.24, 2.45) is 0 Å². The summed E-state index contributed by atoms with van der Waals surface area (Å²) in [7, 11) is 0. The Balaban J connectivity index is 0.000000214. The van der Waals surface area contributed by atoms with E-state index in [0.717, 1.165) is 24.0 Å². The molecule has 0 aliphatic heterocycles. The molecular weight excluding hydrogens is 845 g/mol. The summed E-state index contributed by atoms with van der Waals surface area (Å²) in [5, 5.41) is 35.8. The van der Waals surface area contributed by atoms with E-state index in [1.165, 1.54) is 6.07 Å². The Morgan fingerprint density at radius 3 is 1.53 bits per heavy atom. The van der Waals surface area contributed by atoms with Crippen LogP contribution in [0.25, 0.3) is 33.8 Å². The maximum Gasteiger partial charge on any atom is 0.390 e. The van der Waals surface area contributed by atoms with Crippen LogP contribution in [-0.4, -0.2) is 90.2 Å². The van der Waals surface area contributed by atoms with E-state index in [1.807, 2.05) is 26.0 Å². The predicted molar refractivity (Wildman–Crippen MR) is 229 cm³/mol. The van der Waals surface area contributed by atoms with Gasteiger partial charge in [0.15, 0.2) is 11.3 Å². The van der Waals surface area contributed by atoms with E-state index in [1.54, 1.807) is 70.8 Å². The van der Waals surface area contributed by atoms with Crippen molar-refractivity contribution in [1.29, 1.82) is 0 Å². The number of pyridine rings is 2. The molecule has 334 valence electrons. The van der Waals surface area contributed by atoms with Crippen LogP contribution >= 0.6 is 0 Å². The maximum atomic E-state index is 12.6. The Kier molecular flexibility index (Phi) is 13.9. The second-order valence-electron chi connectivity index (χ2n) is 15.3. The number of hydrogen-bond acceptors (Lipinski definition) is 8. The summed E-state index contributed by atoms with van der Waals surface area (Å²) in [6.45, 7) is 4.22. The Labute approximate surface area is 363 Å². The smallest absolute Gasteiger partial charge is 0.390 e. The molecule has 0 spiro atoms. The molecule has 6 N–H and O–H groups in total. The number of aryl methyl sites for hydroxylation is 2. The molecule has 1 amide bonds. The lowest BCUT2D eigenvalue weighted by Gasteiger charge is -2.14. The molecule has 7 rings (SSSR count). The number of carbonyl (C=O) groups excluding carboxylic acids is 1. The van der Waals surface area contributed by atoms with Gasteiger partial charge in [0.2, 0.25) is 0 Å². The second kappa shape index (κ2) is 19.2. The highest BCUT2D eigenvalue weighted by Gasteiger charge is 2.39. The molecule has 0 unspecified atom stereocenters. The Morgan fingerprint density at radius 1 is 0.719 bits per heavy atom. The number of aromatic nitrogens is 4. The molecule has 1 saturated carbocycles. The molecule has 0 saturated heterocycles. The summed E-state index contributed by atoms with van der Waals surface area (Å²) >= 11 is 0. The Bertz CT molecular complexity index is 2840. The summed E-state index contributed by atoms with van der Waals surface area (Å²) in [4.78, 5) is 32.6. The molecular formula is C46H43F6N7O5. The minimum Gasteiger partial charge on any atom is -0.478 e. The Morgan fingerprint density at radius 2 is 1.16 bits per heavy atom. The molecule has 4 aromatic heterocycles. The third kappa shape index (κ3) is 11.7. The van der Waals surface area contributed by atoms with E-state index in [9.17, 15) is 41.0 Å². The van der Waals surface area contributed by atoms with Gasteiger partial charge in [0.25, 0.3) is 5.91 Å². The van der Waals surface area contributed by atoms with Crippen molar-refractivity contribution in [2.45, 2.75) is 64.3 Å². The van der Waals surface area contributed by atoms with Gasteiger partial charge in [0, 0.05) is 58.8 Å². The largest absolute Gasteiger partial charge is 0.478 e. The summed E-state index contributed by atoms with van der Waals surface area (Å²) in [6.07, 6.45) is -2.04. The van der Waals surface area contributed by atoms with Crippen molar-refractivity contribution in [3.63, 3.8) is 0 Å². The number of aliphatic hydroxyl groups excluding tert-OH is 2. The number of aliphatic hydroxyl groups is 2. The van der Waals surface area contributed by atoms with E-state index in [-0.39, 0.29) is 43.3 Å². The maximum absolute atomic E-state index is 12.6. The first-order valence-electron chi connectivity index (χ1n) is 19.9. The summed E-state index contributed by atoms with van der Waals surface area (Å²) < 4.78 is 78.9. The molecule has 0 atom stereocenters. The number of alkyl halides is 6. The zero-order chi connectivity index (χ0) is 46.4. The number of nitrogens with zero attached hydrogens (tertiary/aromatic N) is 4. The summed E-state index contributed by atoms with van der Waals surface area (Å²) in [5.74, 6) is 9.48. The number of imidazole rings is 2. The average Bonchev–Trinajstić information content (AvgIpc) is 3.56. The number of amides is 1. The fourth-order valence-corrected chi connectivity index (χ4v) is 6.75. The minimum absolute atomic E-state index is 0.111. The molecule has 1 aliphatic carbocycles. The van der Waals surface area contributed by atoms with Crippen molar-refractivity contribution >= 4 is 34.5 Å². The van der Waals surface area contributed by atoms with Crippen LogP contribution in [0, 0.1) is 37.5 Å². The van der Waals surface area contributed by atoms with Crippen molar-refractivity contribution in [3.8, 4) is 46.2 Å². The molecule has 4 heterocycles. The van der Waals surface area contributed by atoms with Crippen LogP contribution in [-0.2, 0) is 0 Å². The predicted octanol–water partition coefficient (Wildman–Crippen LogP) is 8.02. The van der Waals surface area contributed by atoms with Crippen LogP contribution in [0.2, 0.25) is 0 Å². The number of aromatic carboxylic acids is 1. The zero-order valence-electron chi connectivity index (χ0n) is 34.8. The number of hydrogen-bond donors (Lipinski definition) is 6. The van der Waals surface area contributed by atoms with Gasteiger partial charge in [-0.05, 0) is 81.1 Å². The molecule has 1 fully saturated rings. The first-order chi connectivity index (χ1) is 30.3. The fourth-order valence-electron chi connectivity index (χ4n) is 6.75. The zero-order valence-corrected chi connectivity index (χ0v) is 34.8. The van der Waals surface area contributed by atoms with Gasteiger partial charge in [-0.15, -0.1) is 0 Å². The molecule has 1 aliphatic rings. The van der Waals surface area contributed by atoms with Gasteiger partial charge in [-0.2, -0.15) is 26.3 Å². The number of carbonyl (C=O) groups is 2. The van der Waals surface area contributed by atoms with E-state index in [0.29, 0.717) is 61.9 Å². The molecule has 12 nitrogen and oxygen atoms in total. The Hall–Kier alpha value is -7.02. The lowest BCUT2D eigenvalue weighted by atomic mass is 10.0. The van der Waals surface area contributed by atoms with E-state index < -0.39 is 31.2 Å². The lowest BCUT2D eigenvalue weighted by molar-refractivity contribution is -0.132. The number of benzene rings is 2. The quantitative estimate of drug-likeness (QED) is 0.0559. The molecule has 18 heteroatoms. The number of carboxylic acid groups (broad SMARTS) is 1. The topological polar surface area (TPSA) is 166 Å². The van der Waals surface area contributed by atoms with Crippen LogP contribution in [0.5, 0.6) is 0 Å². The van der Waals surface area contributed by atoms with Gasteiger partial charge in [-0.25, -0.2) is 14.8 Å². The SMILES string of the molecule is Cc1cc(-c2cnc3c(NCCC(F)(F)F)cc(C#CCO)cn23)ccc1C(=O)NC1(C)CC1.Cc1cc(-c2cnc3c(NCCC(F)(F)F)cc(C#CCO)cn23)ccc1C(=O)O. The minimum atomic E-state index is -4.29. The lowest BCUT2D eigenvalue weighted by Crippen LogP contribution is -2.34. The normalized spacial score (nSPS) is 12.9. The monoisotopic (exact) mass is 887 g/mol. The van der Waals surface area contributed by atoms with Crippen molar-refractivity contribution in [3.05, 3.63) is 107 Å². The van der Waals surface area contributed by atoms with Crippen LogP contribution in [0.1, 0.15) is 75.6 Å². The van der Waals surface area contributed by atoms with Crippen molar-refractivity contribution in [1.82, 2.24) is 24.1 Å². The van der Waals surface area contributed by atoms with Crippen LogP contribution < -0.4 is 16.0 Å². The van der Waals surface area contributed by atoms with Gasteiger partial charge < -0.3 is 31.3 Å². The van der Waals surface area contributed by atoms with Gasteiger partial charge >= 0.3 is 18.3 Å². The van der Waals surface area contributed by atoms with Crippen LogP contribution in [0.4, 0.5) is 37.7 Å². The van der Waals surface area contributed by atoms with E-state index in [4.69, 9.17) is 10.2 Å². The van der Waals surface area contributed by atoms with Crippen LogP contribution in [0.3, 0.4) is 0 Å². The second-order valence-corrected chi connectivity index (χ2v) is 15.3. The highest BCUT2D eigenvalue weighted by atomic mass is 19.4. The standard InChI is InChI=1S/C25H25F3N4O2.C21H18F3N3O3/c1-16-12-18(5-6-19(16)23(34)31-24(2)7-8-24)21-14-30-22-20(29-10-9-25(26,27)28)13-17(4-3-11-33)15-32(21)22;1-13-9-15(4-5-16(13)20(29)30)18-11-26-19-17(25-7-6-21(22,23)24)10-14(3-2-8-28)12-27(18)19/h5-6,12-15,29,33H,7-11H2,1-2H3,(H,31,34);4-5,9-12,25,28H,6-8H2,1H3,(H,29,30). The fraction of sp³-hybridized carbons (Fsp3) is 0.304.